The molecule has 4 N–H and O–H groups in total. The van der Waals surface area contributed by atoms with Crippen LogP contribution in [0, 0.1) is 18.3 Å². The summed E-state index contributed by atoms with van der Waals surface area (Å²) in [7, 11) is 3.54. The molecule has 0 aliphatic rings. The lowest BCUT2D eigenvalue weighted by Gasteiger charge is -2.38. The van der Waals surface area contributed by atoms with Gasteiger partial charge in [-0.05, 0) is 74.0 Å². The molecule has 9 nitrogen and oxygen atoms in total. The van der Waals surface area contributed by atoms with E-state index in [-0.39, 0.29) is 30.9 Å². The van der Waals surface area contributed by atoms with Gasteiger partial charge in [-0.1, -0.05) is 84.9 Å². The van der Waals surface area contributed by atoms with Crippen molar-refractivity contribution in [3.8, 4) is 5.75 Å². The first kappa shape index (κ1) is 40.7. The molecule has 2 rings (SSSR count). The number of ether oxygens (including phenoxy) is 1. The highest BCUT2D eigenvalue weighted by molar-refractivity contribution is 7.98. The lowest BCUT2D eigenvalue weighted by Crippen LogP contribution is -2.61. The number of aliphatic hydroxyl groups excluding tert-OH is 1. The molecule has 2 unspecified atom stereocenters. The standard InChI is InChI=1S/C25H43N3O4.C11H13NOS/c1-17(2)16-28(9)23(31)21(24(3,4)5)27-22(30)20(26-8)25(6,7)18-10-12-19(13-11-18)32-15-14-29;1-8(2)11(13)12-14-10-6-4-9(3)5-7-10/h10-13,17,20-21,26,29H,14-16H2,1-9H3,(H,27,30);4-7H,1H2,2-3H3,(H,12,13). The fourth-order valence-electron chi connectivity index (χ4n) is 4.66. The van der Waals surface area contributed by atoms with E-state index < -0.39 is 22.9 Å². The van der Waals surface area contributed by atoms with Crippen LogP contribution in [0.3, 0.4) is 0 Å². The molecular formula is C36H56N4O5S. The van der Waals surface area contributed by atoms with Crippen LogP contribution in [0.2, 0.25) is 0 Å². The van der Waals surface area contributed by atoms with Crippen LogP contribution in [0.5, 0.6) is 5.75 Å². The van der Waals surface area contributed by atoms with Crippen LogP contribution in [-0.2, 0) is 19.8 Å². The first-order chi connectivity index (χ1) is 21.3. The van der Waals surface area contributed by atoms with Crippen LogP contribution < -0.4 is 20.1 Å². The van der Waals surface area contributed by atoms with Gasteiger partial charge < -0.3 is 25.4 Å². The van der Waals surface area contributed by atoms with E-state index in [9.17, 15) is 14.4 Å². The fourth-order valence-corrected chi connectivity index (χ4v) is 5.32. The van der Waals surface area contributed by atoms with Crippen molar-refractivity contribution in [1.29, 1.82) is 0 Å². The van der Waals surface area contributed by atoms with Gasteiger partial charge in [0.25, 0.3) is 5.91 Å². The normalized spacial score (nSPS) is 12.7. The van der Waals surface area contributed by atoms with Gasteiger partial charge in [-0.3, -0.25) is 19.1 Å². The van der Waals surface area contributed by atoms with E-state index in [1.54, 1.807) is 25.9 Å². The number of aliphatic hydroxyl groups is 1. The Morgan fingerprint density at radius 3 is 2.00 bits per heavy atom. The quantitative estimate of drug-likeness (QED) is 0.162. The summed E-state index contributed by atoms with van der Waals surface area (Å²) in [5.41, 5.74) is 1.69. The van der Waals surface area contributed by atoms with Gasteiger partial charge in [-0.25, -0.2) is 0 Å². The van der Waals surface area contributed by atoms with Gasteiger partial charge in [-0.2, -0.15) is 0 Å². The molecule has 46 heavy (non-hydrogen) atoms. The zero-order valence-electron chi connectivity index (χ0n) is 29.6. The highest BCUT2D eigenvalue weighted by Gasteiger charge is 2.40. The largest absolute Gasteiger partial charge is 0.491 e. The van der Waals surface area contributed by atoms with Crippen LogP contribution in [-0.4, -0.2) is 73.7 Å². The van der Waals surface area contributed by atoms with Crippen molar-refractivity contribution in [2.75, 3.05) is 33.9 Å². The molecule has 2 aromatic carbocycles. The Hall–Kier alpha value is -3.34. The Kier molecular flexibility index (Phi) is 16.6. The maximum absolute atomic E-state index is 13.4. The van der Waals surface area contributed by atoms with Crippen molar-refractivity contribution < 1.29 is 24.2 Å². The molecule has 3 amide bonds. The first-order valence-electron chi connectivity index (χ1n) is 15.6. The number of hydrogen-bond donors (Lipinski definition) is 4. The molecule has 2 atom stereocenters. The van der Waals surface area contributed by atoms with E-state index in [2.05, 4.69) is 35.8 Å². The second-order valence-corrected chi connectivity index (χ2v) is 14.5. The molecule has 0 saturated carbocycles. The van der Waals surface area contributed by atoms with E-state index in [0.717, 1.165) is 10.5 Å². The molecule has 0 heterocycles. The summed E-state index contributed by atoms with van der Waals surface area (Å²) >= 11 is 1.31. The third-order valence-electron chi connectivity index (χ3n) is 7.32. The maximum Gasteiger partial charge on any atom is 0.256 e. The van der Waals surface area contributed by atoms with Gasteiger partial charge in [0.05, 0.1) is 12.6 Å². The molecule has 0 aliphatic heterocycles. The van der Waals surface area contributed by atoms with Crippen molar-refractivity contribution >= 4 is 29.7 Å². The molecular weight excluding hydrogens is 600 g/mol. The van der Waals surface area contributed by atoms with Crippen LogP contribution in [0.15, 0.2) is 65.6 Å². The van der Waals surface area contributed by atoms with Gasteiger partial charge in [0.2, 0.25) is 11.8 Å². The molecule has 0 saturated heterocycles. The van der Waals surface area contributed by atoms with E-state index in [1.165, 1.54) is 17.5 Å². The Labute approximate surface area is 281 Å². The van der Waals surface area contributed by atoms with Crippen LogP contribution >= 0.6 is 11.9 Å². The van der Waals surface area contributed by atoms with Crippen molar-refractivity contribution in [3.63, 3.8) is 0 Å². The van der Waals surface area contributed by atoms with Crippen LogP contribution in [0.25, 0.3) is 0 Å². The van der Waals surface area contributed by atoms with Crippen molar-refractivity contribution in [1.82, 2.24) is 20.3 Å². The minimum Gasteiger partial charge on any atom is -0.491 e. The summed E-state index contributed by atoms with van der Waals surface area (Å²) in [5, 5.41) is 15.1. The van der Waals surface area contributed by atoms with Gasteiger partial charge in [0.15, 0.2) is 0 Å². The Morgan fingerprint density at radius 2 is 1.54 bits per heavy atom. The number of rotatable bonds is 14. The second kappa shape index (κ2) is 18.7. The molecule has 0 aliphatic carbocycles. The topological polar surface area (TPSA) is 120 Å². The lowest BCUT2D eigenvalue weighted by molar-refractivity contribution is -0.139. The molecule has 0 radical (unpaired) electrons. The number of hydrogen-bond acceptors (Lipinski definition) is 7. The molecule has 256 valence electrons. The summed E-state index contributed by atoms with van der Waals surface area (Å²) in [5.74, 6) is 0.571. The lowest BCUT2D eigenvalue weighted by atomic mass is 9.76. The number of carbonyl (C=O) groups is 3. The summed E-state index contributed by atoms with van der Waals surface area (Å²) in [4.78, 5) is 40.5. The molecule has 0 aromatic heterocycles. The Morgan fingerprint density at radius 1 is 0.978 bits per heavy atom. The molecule has 0 bridgehead atoms. The number of carbonyl (C=O) groups excluding carboxylic acids is 3. The molecule has 2 aromatic rings. The monoisotopic (exact) mass is 656 g/mol. The van der Waals surface area contributed by atoms with E-state index >= 15 is 0 Å². The average molecular weight is 657 g/mol. The highest BCUT2D eigenvalue weighted by atomic mass is 32.2. The third kappa shape index (κ3) is 13.2. The molecule has 10 heteroatoms. The summed E-state index contributed by atoms with van der Waals surface area (Å²) in [6.45, 7) is 22.1. The predicted octanol–water partition coefficient (Wildman–Crippen LogP) is 5.26. The summed E-state index contributed by atoms with van der Waals surface area (Å²) in [6.07, 6.45) is 0. The molecule has 0 fully saturated rings. The third-order valence-corrected chi connectivity index (χ3v) is 8.11. The maximum atomic E-state index is 13.4. The number of benzene rings is 2. The van der Waals surface area contributed by atoms with Gasteiger partial charge >= 0.3 is 0 Å². The number of nitrogens with one attached hydrogen (secondary N) is 3. The first-order valence-corrected chi connectivity index (χ1v) is 16.4. The van der Waals surface area contributed by atoms with E-state index in [1.807, 2.05) is 90.1 Å². The average Bonchev–Trinajstić information content (AvgIpc) is 2.97. The zero-order valence-corrected chi connectivity index (χ0v) is 30.4. The van der Waals surface area contributed by atoms with E-state index in [4.69, 9.17) is 9.84 Å². The SMILES string of the molecule is C=C(C)C(=O)NSc1ccc(C)cc1.CNC(C(=O)NC(C(=O)N(C)CC(C)C)C(C)(C)C)C(C)(C)c1ccc(OCCO)cc1. The zero-order chi connectivity index (χ0) is 35.2. The number of likely N-dealkylation sites (N-methyl/N-ethyl adjacent to an activating group) is 2. The van der Waals surface area contributed by atoms with Crippen molar-refractivity contribution in [3.05, 3.63) is 71.8 Å². The van der Waals surface area contributed by atoms with Crippen LogP contribution in [0.4, 0.5) is 0 Å². The van der Waals surface area contributed by atoms with Crippen molar-refractivity contribution in [2.24, 2.45) is 11.3 Å². The smallest absolute Gasteiger partial charge is 0.256 e. The van der Waals surface area contributed by atoms with Gasteiger partial charge in [0, 0.05) is 29.5 Å². The highest BCUT2D eigenvalue weighted by Crippen LogP contribution is 2.30. The summed E-state index contributed by atoms with van der Waals surface area (Å²) in [6, 6.07) is 14.3. The summed E-state index contributed by atoms with van der Waals surface area (Å²) < 4.78 is 8.13. The van der Waals surface area contributed by atoms with Gasteiger partial charge in [-0.15, -0.1) is 0 Å². The number of amides is 3. The minimum absolute atomic E-state index is 0.0464. The Balaban J connectivity index is 0.000000626. The number of nitrogens with zero attached hydrogens (tertiary/aromatic N) is 1. The molecule has 0 spiro atoms. The number of aryl methyl sites for hydroxylation is 1. The van der Waals surface area contributed by atoms with Gasteiger partial charge in [0.1, 0.15) is 18.4 Å². The minimum atomic E-state index is -0.639. The van der Waals surface area contributed by atoms with Crippen LogP contribution in [0.1, 0.15) is 66.5 Å². The Bertz CT molecular complexity index is 1270. The van der Waals surface area contributed by atoms with Crippen molar-refractivity contribution in [2.45, 2.75) is 84.7 Å². The predicted molar refractivity (Wildman–Crippen MR) is 189 cm³/mol. The second-order valence-electron chi connectivity index (χ2n) is 13.6. The fraction of sp³-hybridized carbons (Fsp3) is 0.528. The van der Waals surface area contributed by atoms with E-state index in [0.29, 0.717) is 23.8 Å².